The topological polar surface area (TPSA) is 21.7 Å². The van der Waals surface area contributed by atoms with Gasteiger partial charge in [-0.05, 0) is 54.6 Å². The Hall–Kier alpha value is -0.120. The van der Waals surface area contributed by atoms with E-state index in [0.29, 0.717) is 6.61 Å². The van der Waals surface area contributed by atoms with Crippen LogP contribution in [0, 0.1) is 0 Å². The molecule has 0 amide bonds. The van der Waals surface area contributed by atoms with Gasteiger partial charge in [-0.25, -0.2) is 0 Å². The second kappa shape index (κ2) is 7.46. The molecule has 0 N–H and O–H groups in total. The summed E-state index contributed by atoms with van der Waals surface area (Å²) in [5.74, 6) is 0. The molecule has 110 valence electrons. The normalized spacial score (nSPS) is 15.2. The van der Waals surface area contributed by atoms with Gasteiger partial charge in [0.05, 0.1) is 23.9 Å². The van der Waals surface area contributed by atoms with Crippen LogP contribution in [0.1, 0.15) is 55.4 Å². The molecule has 0 aliphatic rings. The molecule has 0 radical (unpaired) electrons. The third kappa shape index (κ3) is 9.86. The van der Waals surface area contributed by atoms with Crippen LogP contribution in [-0.4, -0.2) is 48.4 Å². The summed E-state index contributed by atoms with van der Waals surface area (Å²) in [7, 11) is 0. The minimum absolute atomic E-state index is 0.108. The average Bonchev–Trinajstić information content (AvgIpc) is 2.19. The molecule has 3 heteroatoms. The van der Waals surface area contributed by atoms with E-state index in [1.54, 1.807) is 0 Å². The zero-order valence-corrected chi connectivity index (χ0v) is 13.7. The van der Waals surface area contributed by atoms with Crippen molar-refractivity contribution in [2.75, 3.05) is 26.2 Å². The van der Waals surface area contributed by atoms with Gasteiger partial charge in [0.1, 0.15) is 0 Å². The van der Waals surface area contributed by atoms with Gasteiger partial charge in [0, 0.05) is 6.54 Å². The van der Waals surface area contributed by atoms with Gasteiger partial charge in [0.2, 0.25) is 0 Å². The van der Waals surface area contributed by atoms with Gasteiger partial charge in [-0.2, -0.15) is 0 Å². The first-order valence-corrected chi connectivity index (χ1v) is 7.11. The van der Waals surface area contributed by atoms with E-state index in [1.165, 1.54) is 0 Å². The van der Waals surface area contributed by atoms with Crippen molar-refractivity contribution in [1.29, 1.82) is 0 Å². The molecule has 3 nitrogen and oxygen atoms in total. The third-order valence-electron chi connectivity index (χ3n) is 2.58. The molecule has 0 saturated carbocycles. The monoisotopic (exact) mass is 259 g/mol. The smallest absolute Gasteiger partial charge is 0.0942 e. The summed E-state index contributed by atoms with van der Waals surface area (Å²) in [6, 6.07) is 0. The molecule has 0 saturated heterocycles. The standard InChI is InChI=1S/C15H33NO2/c1-9-16(10-2)11-13(18-15(6,7)8)12-17-14(3,4)5/h13H,9-12H2,1-8H3. The minimum atomic E-state index is -0.126. The average molecular weight is 259 g/mol. The molecule has 0 fully saturated rings. The van der Waals surface area contributed by atoms with Gasteiger partial charge < -0.3 is 14.4 Å². The maximum absolute atomic E-state index is 6.10. The van der Waals surface area contributed by atoms with E-state index in [4.69, 9.17) is 9.47 Å². The molecule has 0 aromatic carbocycles. The molecule has 0 aliphatic carbocycles. The maximum Gasteiger partial charge on any atom is 0.0942 e. The van der Waals surface area contributed by atoms with Crippen LogP contribution in [-0.2, 0) is 9.47 Å². The van der Waals surface area contributed by atoms with Crippen LogP contribution in [0.25, 0.3) is 0 Å². The Bertz CT molecular complexity index is 212. The first-order valence-electron chi connectivity index (χ1n) is 7.11. The van der Waals surface area contributed by atoms with E-state index in [0.717, 1.165) is 19.6 Å². The second-order valence-corrected chi connectivity index (χ2v) is 6.76. The SMILES string of the molecule is CCN(CC)CC(COC(C)(C)C)OC(C)(C)C. The molecule has 0 aliphatic heterocycles. The largest absolute Gasteiger partial charge is 0.373 e. The predicted molar refractivity (Wildman–Crippen MR) is 78.1 cm³/mol. The first-order chi connectivity index (χ1) is 8.07. The van der Waals surface area contributed by atoms with Crippen molar-refractivity contribution in [3.8, 4) is 0 Å². The molecule has 0 bridgehead atoms. The number of rotatable bonds is 7. The molecule has 0 heterocycles. The lowest BCUT2D eigenvalue weighted by atomic mass is 10.1. The summed E-state index contributed by atoms with van der Waals surface area (Å²) in [6.07, 6.45) is 0.129. The molecular weight excluding hydrogens is 226 g/mol. The van der Waals surface area contributed by atoms with Crippen LogP contribution >= 0.6 is 0 Å². The fourth-order valence-electron chi connectivity index (χ4n) is 1.74. The van der Waals surface area contributed by atoms with Gasteiger partial charge in [-0.3, -0.25) is 0 Å². The molecule has 1 unspecified atom stereocenters. The van der Waals surface area contributed by atoms with Crippen molar-refractivity contribution in [1.82, 2.24) is 4.90 Å². The van der Waals surface area contributed by atoms with Gasteiger partial charge in [0.25, 0.3) is 0 Å². The highest BCUT2D eigenvalue weighted by molar-refractivity contribution is 4.71. The second-order valence-electron chi connectivity index (χ2n) is 6.76. The zero-order valence-electron chi connectivity index (χ0n) is 13.7. The Morgan fingerprint density at radius 1 is 0.889 bits per heavy atom. The van der Waals surface area contributed by atoms with Crippen LogP contribution in [0.15, 0.2) is 0 Å². The lowest BCUT2D eigenvalue weighted by Gasteiger charge is -2.33. The van der Waals surface area contributed by atoms with Crippen molar-refractivity contribution in [3.05, 3.63) is 0 Å². The van der Waals surface area contributed by atoms with Crippen molar-refractivity contribution >= 4 is 0 Å². The highest BCUT2D eigenvalue weighted by Crippen LogP contribution is 2.15. The summed E-state index contributed by atoms with van der Waals surface area (Å²) in [4.78, 5) is 2.38. The maximum atomic E-state index is 6.10. The number of ether oxygens (including phenoxy) is 2. The van der Waals surface area contributed by atoms with Gasteiger partial charge in [-0.15, -0.1) is 0 Å². The number of hydrogen-bond acceptors (Lipinski definition) is 3. The van der Waals surface area contributed by atoms with Gasteiger partial charge >= 0.3 is 0 Å². The predicted octanol–water partition coefficient (Wildman–Crippen LogP) is 3.33. The Balaban J connectivity index is 4.42. The molecule has 0 aromatic heterocycles. The van der Waals surface area contributed by atoms with Crippen LogP contribution in [0.2, 0.25) is 0 Å². The molecule has 0 aromatic rings. The third-order valence-corrected chi connectivity index (χ3v) is 2.58. The quantitative estimate of drug-likeness (QED) is 0.700. The first kappa shape index (κ1) is 17.9. The fraction of sp³-hybridized carbons (Fsp3) is 1.00. The van der Waals surface area contributed by atoms with Crippen molar-refractivity contribution in [3.63, 3.8) is 0 Å². The number of likely N-dealkylation sites (N-methyl/N-ethyl adjacent to an activating group) is 1. The van der Waals surface area contributed by atoms with E-state index in [-0.39, 0.29) is 17.3 Å². The van der Waals surface area contributed by atoms with Crippen LogP contribution in [0.5, 0.6) is 0 Å². The zero-order chi connectivity index (χ0) is 14.4. The summed E-state index contributed by atoms with van der Waals surface area (Å²) in [5, 5.41) is 0. The fourth-order valence-corrected chi connectivity index (χ4v) is 1.74. The summed E-state index contributed by atoms with van der Waals surface area (Å²) < 4.78 is 12.0. The number of hydrogen-bond donors (Lipinski definition) is 0. The van der Waals surface area contributed by atoms with Gasteiger partial charge in [0.15, 0.2) is 0 Å². The Morgan fingerprint density at radius 2 is 1.39 bits per heavy atom. The van der Waals surface area contributed by atoms with E-state index in [1.807, 2.05) is 0 Å². The molecule has 18 heavy (non-hydrogen) atoms. The van der Waals surface area contributed by atoms with Gasteiger partial charge in [-0.1, -0.05) is 13.8 Å². The van der Waals surface area contributed by atoms with E-state index in [9.17, 15) is 0 Å². The lowest BCUT2D eigenvalue weighted by Crippen LogP contribution is -2.42. The van der Waals surface area contributed by atoms with Crippen molar-refractivity contribution in [2.24, 2.45) is 0 Å². The Morgan fingerprint density at radius 3 is 1.72 bits per heavy atom. The van der Waals surface area contributed by atoms with Crippen molar-refractivity contribution in [2.45, 2.75) is 72.7 Å². The summed E-state index contributed by atoms with van der Waals surface area (Å²) in [5.41, 5.74) is -0.234. The molecule has 1 atom stereocenters. The highest BCUT2D eigenvalue weighted by Gasteiger charge is 2.23. The lowest BCUT2D eigenvalue weighted by molar-refractivity contribution is -0.126. The molecular formula is C15H33NO2. The van der Waals surface area contributed by atoms with Crippen LogP contribution in [0.3, 0.4) is 0 Å². The summed E-state index contributed by atoms with van der Waals surface area (Å²) >= 11 is 0. The summed E-state index contributed by atoms with van der Waals surface area (Å²) in [6.45, 7) is 20.6. The van der Waals surface area contributed by atoms with Crippen LogP contribution < -0.4 is 0 Å². The van der Waals surface area contributed by atoms with Crippen molar-refractivity contribution < 1.29 is 9.47 Å². The minimum Gasteiger partial charge on any atom is -0.373 e. The number of nitrogens with zero attached hydrogens (tertiary/aromatic N) is 1. The van der Waals surface area contributed by atoms with E-state index < -0.39 is 0 Å². The Kier molecular flexibility index (Phi) is 7.41. The highest BCUT2D eigenvalue weighted by atomic mass is 16.6. The molecule has 0 rings (SSSR count). The van der Waals surface area contributed by atoms with E-state index >= 15 is 0 Å². The Labute approximate surface area is 114 Å². The van der Waals surface area contributed by atoms with E-state index in [2.05, 4.69) is 60.3 Å². The van der Waals surface area contributed by atoms with Crippen LogP contribution in [0.4, 0.5) is 0 Å². The molecule has 0 spiro atoms.